The number of rotatable bonds is 5. The van der Waals surface area contributed by atoms with E-state index in [9.17, 15) is 9.18 Å². The molecule has 6 nitrogen and oxygen atoms in total. The lowest BCUT2D eigenvalue weighted by Crippen LogP contribution is -2.28. The molecule has 0 radical (unpaired) electrons. The van der Waals surface area contributed by atoms with E-state index in [2.05, 4.69) is 15.2 Å². The summed E-state index contributed by atoms with van der Waals surface area (Å²) in [6.07, 6.45) is 7.95. The van der Waals surface area contributed by atoms with E-state index in [1.165, 1.54) is 28.9 Å². The molecule has 1 aliphatic heterocycles. The summed E-state index contributed by atoms with van der Waals surface area (Å²) in [7, 11) is 0. The van der Waals surface area contributed by atoms with Crippen LogP contribution in [-0.4, -0.2) is 27.2 Å². The number of hydrogen-bond donors (Lipinski definition) is 0. The summed E-state index contributed by atoms with van der Waals surface area (Å²) in [4.78, 5) is 18.9. The predicted octanol–water partition coefficient (Wildman–Crippen LogP) is 4.32. The Morgan fingerprint density at radius 2 is 2.07 bits per heavy atom. The quantitative estimate of drug-likeness (QED) is 0.359. The zero-order valence-electron chi connectivity index (χ0n) is 15.1. The number of thioether (sulfide) groups is 1. The van der Waals surface area contributed by atoms with E-state index in [1.54, 1.807) is 61.1 Å². The lowest BCUT2D eigenvalue weighted by atomic mass is 10.2. The van der Waals surface area contributed by atoms with Crippen molar-refractivity contribution < 1.29 is 13.6 Å². The first-order valence-corrected chi connectivity index (χ1v) is 9.52. The number of carbonyl (C=O) groups excluding carboxylic acids is 1. The van der Waals surface area contributed by atoms with E-state index in [4.69, 9.17) is 4.42 Å². The molecule has 3 heterocycles. The summed E-state index contributed by atoms with van der Waals surface area (Å²) in [5.74, 6) is 0.0126. The normalized spacial score (nSPS) is 17.1. The molecule has 2 aromatic heterocycles. The van der Waals surface area contributed by atoms with Gasteiger partial charge in [0.1, 0.15) is 11.6 Å². The number of benzene rings is 1. The third kappa shape index (κ3) is 4.49. The molecule has 0 spiro atoms. The van der Waals surface area contributed by atoms with E-state index in [-0.39, 0.29) is 12.5 Å². The smallest absolute Gasteiger partial charge is 0.267 e. The van der Waals surface area contributed by atoms with Crippen molar-refractivity contribution in [3.63, 3.8) is 0 Å². The number of carbonyl (C=O) groups is 1. The molecule has 4 rings (SSSR count). The van der Waals surface area contributed by atoms with Gasteiger partial charge in [0, 0.05) is 18.0 Å². The Balaban J connectivity index is 1.63. The van der Waals surface area contributed by atoms with Gasteiger partial charge < -0.3 is 4.42 Å². The summed E-state index contributed by atoms with van der Waals surface area (Å²) in [6.45, 7) is 0.220. The van der Waals surface area contributed by atoms with Gasteiger partial charge in [-0.1, -0.05) is 24.3 Å². The van der Waals surface area contributed by atoms with Crippen LogP contribution in [0.4, 0.5) is 4.39 Å². The molecule has 1 amide bonds. The molecular formula is C21H15FN4O2S. The Morgan fingerprint density at radius 3 is 2.83 bits per heavy atom. The van der Waals surface area contributed by atoms with Crippen molar-refractivity contribution in [2.24, 2.45) is 10.2 Å². The maximum atomic E-state index is 13.7. The monoisotopic (exact) mass is 406 g/mol. The molecule has 0 atom stereocenters. The topological polar surface area (TPSA) is 71.1 Å². The highest BCUT2D eigenvalue weighted by Crippen LogP contribution is 2.33. The number of pyridine rings is 1. The third-order valence-corrected chi connectivity index (χ3v) is 5.01. The van der Waals surface area contributed by atoms with Gasteiger partial charge in [-0.3, -0.25) is 14.7 Å². The highest BCUT2D eigenvalue weighted by molar-refractivity contribution is 8.18. The maximum Gasteiger partial charge on any atom is 0.267 e. The van der Waals surface area contributed by atoms with Gasteiger partial charge in [0.2, 0.25) is 0 Å². The van der Waals surface area contributed by atoms with Crippen LogP contribution in [-0.2, 0) is 11.3 Å². The summed E-state index contributed by atoms with van der Waals surface area (Å²) >= 11 is 1.19. The summed E-state index contributed by atoms with van der Waals surface area (Å²) < 4.78 is 19.1. The second-order valence-electron chi connectivity index (χ2n) is 6.02. The van der Waals surface area contributed by atoms with Crippen LogP contribution in [0.1, 0.15) is 16.9 Å². The van der Waals surface area contributed by atoms with Gasteiger partial charge >= 0.3 is 0 Å². The first-order valence-electron chi connectivity index (χ1n) is 8.70. The first-order chi connectivity index (χ1) is 14.2. The number of aromatic nitrogens is 1. The number of halogens is 1. The van der Waals surface area contributed by atoms with Crippen molar-refractivity contribution in [3.8, 4) is 0 Å². The molecule has 0 aliphatic carbocycles. The van der Waals surface area contributed by atoms with Gasteiger partial charge in [-0.25, -0.2) is 4.39 Å². The number of nitrogens with zero attached hydrogens (tertiary/aromatic N) is 4. The third-order valence-electron chi connectivity index (χ3n) is 4.01. The SMILES string of the molecule is O=C1/C(=C/c2cccnc2)S/C(=N/N=C\c2ccccc2F)N1Cc1ccco1. The molecule has 0 bridgehead atoms. The molecule has 8 heteroatoms. The van der Waals surface area contributed by atoms with E-state index < -0.39 is 5.82 Å². The molecule has 0 N–H and O–H groups in total. The van der Waals surface area contributed by atoms with Crippen molar-refractivity contribution in [2.75, 3.05) is 0 Å². The van der Waals surface area contributed by atoms with Crippen LogP contribution in [0.25, 0.3) is 6.08 Å². The summed E-state index contributed by atoms with van der Waals surface area (Å²) in [5.41, 5.74) is 1.12. The van der Waals surface area contributed by atoms with Gasteiger partial charge in [-0.15, -0.1) is 5.10 Å². The zero-order chi connectivity index (χ0) is 20.1. The predicted molar refractivity (Wildman–Crippen MR) is 110 cm³/mol. The Bertz CT molecular complexity index is 1090. The Hall–Kier alpha value is -3.52. The molecule has 0 saturated carbocycles. The number of amides is 1. The van der Waals surface area contributed by atoms with E-state index in [1.807, 2.05) is 6.07 Å². The molecular weight excluding hydrogens is 391 g/mol. The van der Waals surface area contributed by atoms with Gasteiger partial charge in [0.05, 0.1) is 23.9 Å². The van der Waals surface area contributed by atoms with Gasteiger partial charge in [0.15, 0.2) is 5.17 Å². The lowest BCUT2D eigenvalue weighted by molar-refractivity contribution is -0.122. The van der Waals surface area contributed by atoms with Gasteiger partial charge in [0.25, 0.3) is 5.91 Å². The maximum absolute atomic E-state index is 13.7. The minimum Gasteiger partial charge on any atom is -0.467 e. The minimum absolute atomic E-state index is 0.213. The van der Waals surface area contributed by atoms with Crippen molar-refractivity contribution >= 4 is 35.1 Å². The average Bonchev–Trinajstić information content (AvgIpc) is 3.35. The van der Waals surface area contributed by atoms with Crippen LogP contribution in [0.3, 0.4) is 0 Å². The molecule has 1 saturated heterocycles. The van der Waals surface area contributed by atoms with Crippen molar-refractivity contribution in [1.29, 1.82) is 0 Å². The van der Waals surface area contributed by atoms with Gasteiger partial charge in [-0.05, 0) is 47.7 Å². The highest BCUT2D eigenvalue weighted by atomic mass is 32.2. The van der Waals surface area contributed by atoms with Crippen LogP contribution in [0.2, 0.25) is 0 Å². The molecule has 29 heavy (non-hydrogen) atoms. The number of furan rings is 1. The fourth-order valence-corrected chi connectivity index (χ4v) is 3.55. The standard InChI is InChI=1S/C21H15FN4O2S/c22-18-8-2-1-6-16(18)13-24-25-21-26(14-17-7-4-10-28-17)20(27)19(29-21)11-15-5-3-9-23-12-15/h1-13H,14H2/b19-11-,24-13-,25-21+. The van der Waals surface area contributed by atoms with E-state index in [0.29, 0.717) is 21.4 Å². The van der Waals surface area contributed by atoms with Crippen LogP contribution in [0.5, 0.6) is 0 Å². The summed E-state index contributed by atoms with van der Waals surface area (Å²) in [6, 6.07) is 13.4. The molecule has 1 fully saturated rings. The molecule has 1 aliphatic rings. The first kappa shape index (κ1) is 18.8. The molecule has 144 valence electrons. The van der Waals surface area contributed by atoms with Crippen molar-refractivity contribution in [1.82, 2.24) is 9.88 Å². The Morgan fingerprint density at radius 1 is 1.17 bits per heavy atom. The van der Waals surface area contributed by atoms with Crippen LogP contribution in [0, 0.1) is 5.82 Å². The number of hydrogen-bond acceptors (Lipinski definition) is 6. The Labute approximate surface area is 170 Å². The fourth-order valence-electron chi connectivity index (χ4n) is 2.61. The lowest BCUT2D eigenvalue weighted by Gasteiger charge is -2.12. The molecule has 1 aromatic carbocycles. The largest absolute Gasteiger partial charge is 0.467 e. The van der Waals surface area contributed by atoms with E-state index in [0.717, 1.165) is 5.56 Å². The second-order valence-corrected chi connectivity index (χ2v) is 7.03. The van der Waals surface area contributed by atoms with E-state index >= 15 is 0 Å². The fraction of sp³-hybridized carbons (Fsp3) is 0.0476. The minimum atomic E-state index is -0.392. The van der Waals surface area contributed by atoms with Crippen molar-refractivity contribution in [3.05, 3.63) is 94.8 Å². The van der Waals surface area contributed by atoms with Crippen LogP contribution in [0.15, 0.2) is 86.7 Å². The average molecular weight is 406 g/mol. The summed E-state index contributed by atoms with van der Waals surface area (Å²) in [5, 5.41) is 8.51. The molecule has 0 unspecified atom stereocenters. The van der Waals surface area contributed by atoms with Gasteiger partial charge in [-0.2, -0.15) is 5.10 Å². The second kappa shape index (κ2) is 8.66. The number of amidine groups is 1. The zero-order valence-corrected chi connectivity index (χ0v) is 15.9. The van der Waals surface area contributed by atoms with Crippen LogP contribution < -0.4 is 0 Å². The Kier molecular flexibility index (Phi) is 5.62. The van der Waals surface area contributed by atoms with Crippen LogP contribution >= 0.6 is 11.8 Å². The molecule has 3 aromatic rings. The van der Waals surface area contributed by atoms with Crippen molar-refractivity contribution in [2.45, 2.75) is 6.54 Å². The highest BCUT2D eigenvalue weighted by Gasteiger charge is 2.34.